The number of hydrogen-bond donors (Lipinski definition) is 0. The first-order chi connectivity index (χ1) is 10.5. The first kappa shape index (κ1) is 15.0. The molecule has 8 heteroatoms. The van der Waals surface area contributed by atoms with Crippen LogP contribution in [0.1, 0.15) is 47.0 Å². The molecule has 3 heterocycles. The minimum atomic E-state index is -0.0825. The summed E-state index contributed by atoms with van der Waals surface area (Å²) in [5.74, 6) is 1.22. The van der Waals surface area contributed by atoms with Crippen molar-refractivity contribution in [3.63, 3.8) is 0 Å². The second-order valence-corrected chi connectivity index (χ2v) is 5.84. The maximum absolute atomic E-state index is 12.7. The molecule has 0 aromatic carbocycles. The Bertz CT molecular complexity index is 708. The Balaban J connectivity index is 1.78. The zero-order valence-electron chi connectivity index (χ0n) is 12.8. The predicted molar refractivity (Wildman–Crippen MR) is 79.9 cm³/mol. The van der Waals surface area contributed by atoms with Gasteiger partial charge in [0.25, 0.3) is 5.91 Å². The number of carbonyl (C=O) groups is 1. The van der Waals surface area contributed by atoms with Gasteiger partial charge < -0.3 is 9.42 Å². The molecule has 1 saturated heterocycles. The highest BCUT2D eigenvalue weighted by Gasteiger charge is 2.33. The number of amides is 1. The molecule has 0 bridgehead atoms. The highest BCUT2D eigenvalue weighted by molar-refractivity contribution is 6.33. The molecule has 0 spiro atoms. The summed E-state index contributed by atoms with van der Waals surface area (Å²) in [5.41, 5.74) is 1.15. The number of likely N-dealkylation sites (tertiary alicyclic amines) is 1. The van der Waals surface area contributed by atoms with Crippen LogP contribution in [0.5, 0.6) is 0 Å². The Kier molecular flexibility index (Phi) is 3.90. The van der Waals surface area contributed by atoms with Crippen molar-refractivity contribution in [2.45, 2.75) is 39.7 Å². The minimum absolute atomic E-state index is 0.0825. The number of aromatic nitrogens is 4. The van der Waals surface area contributed by atoms with E-state index in [-0.39, 0.29) is 11.8 Å². The van der Waals surface area contributed by atoms with Crippen molar-refractivity contribution in [1.29, 1.82) is 0 Å². The van der Waals surface area contributed by atoms with Crippen molar-refractivity contribution in [3.05, 3.63) is 28.1 Å². The lowest BCUT2D eigenvalue weighted by molar-refractivity contribution is 0.0789. The Labute approximate surface area is 133 Å². The topological polar surface area (TPSA) is 77.1 Å². The summed E-state index contributed by atoms with van der Waals surface area (Å²) in [6.45, 7) is 7.38. The van der Waals surface area contributed by atoms with Gasteiger partial charge in [-0.15, -0.1) is 0 Å². The van der Waals surface area contributed by atoms with Gasteiger partial charge in [-0.25, -0.2) is 0 Å². The Morgan fingerprint density at radius 2 is 2.23 bits per heavy atom. The van der Waals surface area contributed by atoms with Gasteiger partial charge in [0, 0.05) is 19.6 Å². The quantitative estimate of drug-likeness (QED) is 0.865. The first-order valence-corrected chi connectivity index (χ1v) is 7.71. The van der Waals surface area contributed by atoms with E-state index in [0.29, 0.717) is 47.8 Å². The van der Waals surface area contributed by atoms with Crippen LogP contribution in [0.2, 0.25) is 5.15 Å². The smallest absolute Gasteiger partial charge is 0.258 e. The van der Waals surface area contributed by atoms with Crippen LogP contribution in [0.3, 0.4) is 0 Å². The van der Waals surface area contributed by atoms with Gasteiger partial charge in [-0.05, 0) is 27.2 Å². The summed E-state index contributed by atoms with van der Waals surface area (Å²) in [5, 5.41) is 8.51. The summed E-state index contributed by atoms with van der Waals surface area (Å²) >= 11 is 6.27. The van der Waals surface area contributed by atoms with Gasteiger partial charge in [0.2, 0.25) is 5.89 Å². The van der Waals surface area contributed by atoms with Gasteiger partial charge in [0.05, 0.1) is 17.2 Å². The molecular weight excluding hydrogens is 306 g/mol. The van der Waals surface area contributed by atoms with Crippen molar-refractivity contribution in [2.75, 3.05) is 13.1 Å². The van der Waals surface area contributed by atoms with E-state index in [4.69, 9.17) is 16.1 Å². The van der Waals surface area contributed by atoms with Gasteiger partial charge in [-0.2, -0.15) is 10.1 Å². The molecule has 0 N–H and O–H groups in total. The molecule has 1 unspecified atom stereocenters. The summed E-state index contributed by atoms with van der Waals surface area (Å²) in [4.78, 5) is 18.8. The number of halogens is 1. The van der Waals surface area contributed by atoms with Gasteiger partial charge >= 0.3 is 0 Å². The van der Waals surface area contributed by atoms with Gasteiger partial charge in [-0.3, -0.25) is 9.48 Å². The largest absolute Gasteiger partial charge is 0.339 e. The van der Waals surface area contributed by atoms with Crippen LogP contribution >= 0.6 is 11.6 Å². The average Bonchev–Trinajstić information content (AvgIpc) is 3.17. The third-order valence-electron chi connectivity index (χ3n) is 3.95. The molecule has 22 heavy (non-hydrogen) atoms. The number of hydrogen-bond acceptors (Lipinski definition) is 5. The third-order valence-corrected chi connectivity index (χ3v) is 4.33. The minimum Gasteiger partial charge on any atom is -0.339 e. The van der Waals surface area contributed by atoms with Crippen LogP contribution in [0.25, 0.3) is 0 Å². The summed E-state index contributed by atoms with van der Waals surface area (Å²) < 4.78 is 6.85. The fourth-order valence-electron chi connectivity index (χ4n) is 2.79. The van der Waals surface area contributed by atoms with Crippen molar-refractivity contribution in [3.8, 4) is 0 Å². The predicted octanol–water partition coefficient (Wildman–Crippen LogP) is 2.19. The molecular formula is C14H18ClN5O2. The highest BCUT2D eigenvalue weighted by Crippen LogP contribution is 2.29. The normalized spacial score (nSPS) is 18.2. The molecule has 3 rings (SSSR count). The number of carbonyl (C=O) groups excluding carboxylic acids is 1. The van der Waals surface area contributed by atoms with Crippen LogP contribution in [0.4, 0.5) is 0 Å². The van der Waals surface area contributed by atoms with E-state index < -0.39 is 0 Å². The average molecular weight is 324 g/mol. The second-order valence-electron chi connectivity index (χ2n) is 5.48. The van der Waals surface area contributed by atoms with E-state index in [1.54, 1.807) is 23.4 Å². The Morgan fingerprint density at radius 1 is 1.45 bits per heavy atom. The summed E-state index contributed by atoms with van der Waals surface area (Å²) in [7, 11) is 0. The van der Waals surface area contributed by atoms with Gasteiger partial charge in [0.1, 0.15) is 5.15 Å². The van der Waals surface area contributed by atoms with Gasteiger partial charge in [-0.1, -0.05) is 16.8 Å². The molecule has 1 aliphatic heterocycles. The Morgan fingerprint density at radius 3 is 2.82 bits per heavy atom. The van der Waals surface area contributed by atoms with Crippen LogP contribution in [0, 0.1) is 13.8 Å². The lowest BCUT2D eigenvalue weighted by Crippen LogP contribution is -2.29. The maximum Gasteiger partial charge on any atom is 0.258 e. The van der Waals surface area contributed by atoms with E-state index in [1.807, 2.05) is 6.92 Å². The third kappa shape index (κ3) is 2.49. The molecule has 0 saturated carbocycles. The fourth-order valence-corrected chi connectivity index (χ4v) is 3.16. The maximum atomic E-state index is 12.7. The van der Waals surface area contributed by atoms with Crippen LogP contribution in [-0.2, 0) is 6.54 Å². The summed E-state index contributed by atoms with van der Waals surface area (Å²) in [6, 6.07) is 0. The molecule has 1 fully saturated rings. The van der Waals surface area contributed by atoms with Crippen LogP contribution < -0.4 is 0 Å². The van der Waals surface area contributed by atoms with E-state index in [9.17, 15) is 4.79 Å². The molecule has 0 aliphatic carbocycles. The standard InChI is InChI=1S/C14H18ClN5O2/c1-4-20-12(15)11(8(2)17-20)14(21)19-6-5-10(7-19)13-16-9(3)18-22-13/h10H,4-7H2,1-3H3. The second kappa shape index (κ2) is 5.72. The van der Waals surface area contributed by atoms with Gasteiger partial charge in [0.15, 0.2) is 5.82 Å². The number of rotatable bonds is 3. The van der Waals surface area contributed by atoms with E-state index in [1.165, 1.54) is 0 Å². The fraction of sp³-hybridized carbons (Fsp3) is 0.571. The van der Waals surface area contributed by atoms with E-state index in [2.05, 4.69) is 15.2 Å². The molecule has 1 atom stereocenters. The first-order valence-electron chi connectivity index (χ1n) is 7.33. The van der Waals surface area contributed by atoms with Crippen molar-refractivity contribution >= 4 is 17.5 Å². The molecule has 0 radical (unpaired) electrons. The van der Waals surface area contributed by atoms with Crippen molar-refractivity contribution < 1.29 is 9.32 Å². The van der Waals surface area contributed by atoms with E-state index in [0.717, 1.165) is 6.42 Å². The van der Waals surface area contributed by atoms with Crippen LogP contribution in [0.15, 0.2) is 4.52 Å². The molecule has 1 amide bonds. The van der Waals surface area contributed by atoms with Crippen molar-refractivity contribution in [2.24, 2.45) is 0 Å². The molecule has 118 valence electrons. The zero-order valence-corrected chi connectivity index (χ0v) is 13.6. The molecule has 2 aromatic heterocycles. The highest BCUT2D eigenvalue weighted by atomic mass is 35.5. The number of aryl methyl sites for hydroxylation is 3. The molecule has 7 nitrogen and oxygen atoms in total. The molecule has 1 aliphatic rings. The van der Waals surface area contributed by atoms with E-state index >= 15 is 0 Å². The molecule has 2 aromatic rings. The Hall–Kier alpha value is -1.89. The lowest BCUT2D eigenvalue weighted by atomic mass is 10.1. The van der Waals surface area contributed by atoms with Crippen molar-refractivity contribution in [1.82, 2.24) is 24.8 Å². The zero-order chi connectivity index (χ0) is 15.9. The SMILES string of the molecule is CCn1nc(C)c(C(=O)N2CCC(c3nc(C)no3)C2)c1Cl. The lowest BCUT2D eigenvalue weighted by Gasteiger charge is -2.15. The summed E-state index contributed by atoms with van der Waals surface area (Å²) in [6.07, 6.45) is 0.811. The van der Waals surface area contributed by atoms with Crippen LogP contribution in [-0.4, -0.2) is 43.8 Å². The number of nitrogens with zero attached hydrogens (tertiary/aromatic N) is 5. The monoisotopic (exact) mass is 323 g/mol.